The molecular weight excluding hydrogens is 373 g/mol. The molecule has 2 aromatic rings. The van der Waals surface area contributed by atoms with Crippen molar-refractivity contribution in [3.63, 3.8) is 0 Å². The highest BCUT2D eigenvalue weighted by atomic mass is 35.5. The van der Waals surface area contributed by atoms with E-state index in [-0.39, 0.29) is 5.02 Å². The van der Waals surface area contributed by atoms with E-state index in [2.05, 4.69) is 29.4 Å². The first-order chi connectivity index (χ1) is 12.3. The van der Waals surface area contributed by atoms with Crippen LogP contribution in [0.15, 0.2) is 36.4 Å². The van der Waals surface area contributed by atoms with Crippen molar-refractivity contribution in [2.45, 2.75) is 20.8 Å². The fraction of sp³-hybridized carbons (Fsp3) is 0.263. The van der Waals surface area contributed by atoms with Crippen molar-refractivity contribution >= 4 is 52.1 Å². The van der Waals surface area contributed by atoms with Gasteiger partial charge in [-0.2, -0.15) is 0 Å². The molecule has 2 rings (SSSR count). The van der Waals surface area contributed by atoms with Crippen LogP contribution in [0, 0.1) is 6.92 Å². The summed E-state index contributed by atoms with van der Waals surface area (Å²) in [6.07, 6.45) is 0. The predicted molar refractivity (Wildman–Crippen MR) is 108 cm³/mol. The number of amides is 2. The summed E-state index contributed by atoms with van der Waals surface area (Å²) < 4.78 is 0. The summed E-state index contributed by atoms with van der Waals surface area (Å²) >= 11 is 11.8. The molecule has 0 spiro atoms. The Morgan fingerprint density at radius 1 is 0.923 bits per heavy atom. The molecule has 0 fully saturated rings. The number of carbonyl (C=O) groups is 2. The van der Waals surface area contributed by atoms with Crippen molar-refractivity contribution in [3.05, 3.63) is 52.0 Å². The Hall–Kier alpha value is -2.24. The maximum Gasteiger partial charge on any atom is 0.314 e. The topological polar surface area (TPSA) is 61.4 Å². The second-order valence-electron chi connectivity index (χ2n) is 5.70. The molecule has 0 aliphatic heterocycles. The quantitative estimate of drug-likeness (QED) is 0.721. The largest absolute Gasteiger partial charge is 0.372 e. The summed E-state index contributed by atoms with van der Waals surface area (Å²) in [5, 5.41) is 5.81. The Morgan fingerprint density at radius 2 is 1.50 bits per heavy atom. The summed E-state index contributed by atoms with van der Waals surface area (Å²) in [4.78, 5) is 26.5. The van der Waals surface area contributed by atoms with Gasteiger partial charge in [0.25, 0.3) is 0 Å². The molecule has 2 amide bonds. The van der Waals surface area contributed by atoms with Crippen LogP contribution in [0.2, 0.25) is 10.0 Å². The lowest BCUT2D eigenvalue weighted by Crippen LogP contribution is -2.29. The van der Waals surface area contributed by atoms with Gasteiger partial charge in [0.05, 0.1) is 10.7 Å². The van der Waals surface area contributed by atoms with Crippen LogP contribution < -0.4 is 15.5 Å². The minimum atomic E-state index is -0.804. The number of rotatable bonds is 5. The van der Waals surface area contributed by atoms with Gasteiger partial charge in [-0.15, -0.1) is 0 Å². The first-order valence-electron chi connectivity index (χ1n) is 8.28. The van der Waals surface area contributed by atoms with E-state index < -0.39 is 11.8 Å². The van der Waals surface area contributed by atoms with Crippen LogP contribution >= 0.6 is 23.2 Å². The second kappa shape index (κ2) is 8.92. The maximum absolute atomic E-state index is 12.2. The van der Waals surface area contributed by atoms with Gasteiger partial charge in [-0.3, -0.25) is 9.59 Å². The molecule has 2 aromatic carbocycles. The van der Waals surface area contributed by atoms with Gasteiger partial charge < -0.3 is 15.5 Å². The fourth-order valence-corrected chi connectivity index (χ4v) is 2.98. The number of halogens is 2. The average molecular weight is 394 g/mol. The standard InChI is InChI=1S/C19H21Cl2N3O2/c1-4-24(5-2)14-7-9-16(12(3)10-14)22-18(25)19(26)23-17-8-6-13(20)11-15(17)21/h6-11H,4-5H2,1-3H3,(H,22,25)(H,23,26). The Bertz CT molecular complexity index is 820. The monoisotopic (exact) mass is 393 g/mol. The van der Waals surface area contributed by atoms with Crippen LogP contribution in [0.3, 0.4) is 0 Å². The van der Waals surface area contributed by atoms with Crippen LogP contribution in [0.25, 0.3) is 0 Å². The molecule has 0 saturated heterocycles. The number of carbonyl (C=O) groups excluding carboxylic acids is 2. The minimum absolute atomic E-state index is 0.262. The first-order valence-corrected chi connectivity index (χ1v) is 9.04. The fourth-order valence-electron chi connectivity index (χ4n) is 2.52. The van der Waals surface area contributed by atoms with E-state index in [4.69, 9.17) is 23.2 Å². The highest BCUT2D eigenvalue weighted by molar-refractivity contribution is 6.45. The number of benzene rings is 2. The number of nitrogens with zero attached hydrogens (tertiary/aromatic N) is 1. The number of hydrogen-bond acceptors (Lipinski definition) is 3. The van der Waals surface area contributed by atoms with E-state index in [1.807, 2.05) is 19.1 Å². The zero-order valence-corrected chi connectivity index (χ0v) is 16.4. The lowest BCUT2D eigenvalue weighted by Gasteiger charge is -2.22. The summed E-state index contributed by atoms with van der Waals surface area (Å²) in [7, 11) is 0. The van der Waals surface area contributed by atoms with Gasteiger partial charge in [-0.05, 0) is 62.7 Å². The second-order valence-corrected chi connectivity index (χ2v) is 6.55. The molecule has 2 N–H and O–H groups in total. The molecule has 5 nitrogen and oxygen atoms in total. The highest BCUT2D eigenvalue weighted by Gasteiger charge is 2.17. The molecule has 0 saturated carbocycles. The van der Waals surface area contributed by atoms with Gasteiger partial charge in [0, 0.05) is 29.5 Å². The van der Waals surface area contributed by atoms with Crippen molar-refractivity contribution in [1.82, 2.24) is 0 Å². The molecule has 7 heteroatoms. The Morgan fingerprint density at radius 3 is 2.04 bits per heavy atom. The third-order valence-corrected chi connectivity index (χ3v) is 4.52. The molecule has 26 heavy (non-hydrogen) atoms. The molecule has 0 aliphatic carbocycles. The maximum atomic E-state index is 12.2. The van der Waals surface area contributed by atoms with Crippen LogP contribution in [0.1, 0.15) is 19.4 Å². The Kier molecular flexibility index (Phi) is 6.89. The van der Waals surface area contributed by atoms with Gasteiger partial charge >= 0.3 is 11.8 Å². The van der Waals surface area contributed by atoms with E-state index in [1.54, 1.807) is 18.2 Å². The van der Waals surface area contributed by atoms with Crippen LogP contribution in [-0.2, 0) is 9.59 Å². The Labute approximate surface area is 163 Å². The molecular formula is C19H21Cl2N3O2. The normalized spacial score (nSPS) is 10.3. The third kappa shape index (κ3) is 4.90. The zero-order valence-electron chi connectivity index (χ0n) is 14.9. The van der Waals surface area contributed by atoms with E-state index >= 15 is 0 Å². The summed E-state index contributed by atoms with van der Waals surface area (Å²) in [6, 6.07) is 10.3. The minimum Gasteiger partial charge on any atom is -0.372 e. The molecule has 0 radical (unpaired) electrons. The molecule has 0 atom stereocenters. The van der Waals surface area contributed by atoms with E-state index in [0.29, 0.717) is 16.4 Å². The highest BCUT2D eigenvalue weighted by Crippen LogP contribution is 2.26. The van der Waals surface area contributed by atoms with E-state index in [0.717, 1.165) is 24.3 Å². The summed E-state index contributed by atoms with van der Waals surface area (Å²) in [5.41, 5.74) is 2.86. The number of nitrogens with one attached hydrogen (secondary N) is 2. The number of anilines is 3. The van der Waals surface area contributed by atoms with Crippen molar-refractivity contribution < 1.29 is 9.59 Å². The average Bonchev–Trinajstić information content (AvgIpc) is 2.60. The van der Waals surface area contributed by atoms with Gasteiger partial charge in [0.1, 0.15) is 0 Å². The van der Waals surface area contributed by atoms with E-state index in [1.165, 1.54) is 6.07 Å². The first kappa shape index (κ1) is 20.1. The molecule has 0 aromatic heterocycles. The zero-order chi connectivity index (χ0) is 19.3. The SMILES string of the molecule is CCN(CC)c1ccc(NC(=O)C(=O)Nc2ccc(Cl)cc2Cl)c(C)c1. The number of hydrogen-bond donors (Lipinski definition) is 2. The van der Waals surface area contributed by atoms with Crippen LogP contribution in [-0.4, -0.2) is 24.9 Å². The number of aryl methyl sites for hydroxylation is 1. The molecule has 138 valence electrons. The van der Waals surface area contributed by atoms with Crippen molar-refractivity contribution in [3.8, 4) is 0 Å². The lowest BCUT2D eigenvalue weighted by atomic mass is 10.1. The van der Waals surface area contributed by atoms with Gasteiger partial charge in [-0.25, -0.2) is 0 Å². The molecule has 0 aliphatic rings. The van der Waals surface area contributed by atoms with Gasteiger partial charge in [0.15, 0.2) is 0 Å². The lowest BCUT2D eigenvalue weighted by molar-refractivity contribution is -0.133. The Balaban J connectivity index is 2.08. The van der Waals surface area contributed by atoms with E-state index in [9.17, 15) is 9.59 Å². The predicted octanol–water partition coefficient (Wildman–Crippen LogP) is 4.73. The van der Waals surface area contributed by atoms with Crippen molar-refractivity contribution in [2.24, 2.45) is 0 Å². The van der Waals surface area contributed by atoms with Crippen molar-refractivity contribution in [2.75, 3.05) is 28.6 Å². The molecule has 0 unspecified atom stereocenters. The van der Waals surface area contributed by atoms with Crippen LogP contribution in [0.5, 0.6) is 0 Å². The smallest absolute Gasteiger partial charge is 0.314 e. The van der Waals surface area contributed by atoms with Gasteiger partial charge in [-0.1, -0.05) is 23.2 Å². The van der Waals surface area contributed by atoms with Crippen molar-refractivity contribution in [1.29, 1.82) is 0 Å². The molecule has 0 bridgehead atoms. The summed E-state index contributed by atoms with van der Waals surface area (Å²) in [5.74, 6) is -1.57. The third-order valence-electron chi connectivity index (χ3n) is 3.97. The molecule has 0 heterocycles. The van der Waals surface area contributed by atoms with Gasteiger partial charge in [0.2, 0.25) is 0 Å². The van der Waals surface area contributed by atoms with Crippen LogP contribution in [0.4, 0.5) is 17.1 Å². The summed E-state index contributed by atoms with van der Waals surface area (Å²) in [6.45, 7) is 7.84.